The molecule has 0 unspecified atom stereocenters. The molecule has 0 saturated carbocycles. The van der Waals surface area contributed by atoms with E-state index < -0.39 is 0 Å². The summed E-state index contributed by atoms with van der Waals surface area (Å²) in [6.07, 6.45) is 0. The van der Waals surface area contributed by atoms with Crippen molar-refractivity contribution in [3.05, 3.63) is 291 Å². The molecule has 0 spiro atoms. The molecule has 0 aliphatic heterocycles. The summed E-state index contributed by atoms with van der Waals surface area (Å²) in [4.78, 5) is 2.41. The van der Waals surface area contributed by atoms with E-state index in [-0.39, 0.29) is 0 Å². The Kier molecular flexibility index (Phi) is 10.9. The SMILES string of the molecule is c1ccc(-c2cc(-c3ccccc3)cc(-c3ccc(N(c4ccc(-c5ccccc5-c5ccccc5)cc4)c4cccc(-c5c6ccccc6cc6c5c5ccccc5n6-c5ccccc5)c4)cc3)c2)cc1. The van der Waals surface area contributed by atoms with Gasteiger partial charge in [-0.2, -0.15) is 0 Å². The third kappa shape index (κ3) is 7.82. The molecule has 0 N–H and O–H groups in total. The highest BCUT2D eigenvalue weighted by Crippen LogP contribution is 2.46. The number of nitrogens with zero attached hydrogens (tertiary/aromatic N) is 2. The van der Waals surface area contributed by atoms with Gasteiger partial charge in [-0.15, -0.1) is 0 Å². The average Bonchev–Trinajstić information content (AvgIpc) is 3.79. The van der Waals surface area contributed by atoms with Crippen LogP contribution in [0.5, 0.6) is 0 Å². The second kappa shape index (κ2) is 18.4. The molecule has 0 bridgehead atoms. The Hall–Kier alpha value is -9.50. The van der Waals surface area contributed by atoms with E-state index in [1.54, 1.807) is 0 Å². The van der Waals surface area contributed by atoms with Crippen LogP contribution < -0.4 is 4.90 Å². The maximum absolute atomic E-state index is 2.42. The fourth-order valence-electron chi connectivity index (χ4n) is 10.8. The van der Waals surface area contributed by atoms with Crippen LogP contribution in [0.3, 0.4) is 0 Å². The Morgan fingerprint density at radius 3 is 1.29 bits per heavy atom. The lowest BCUT2D eigenvalue weighted by Gasteiger charge is -2.27. The second-order valence-electron chi connectivity index (χ2n) is 18.5. The number of anilines is 3. The zero-order chi connectivity index (χ0) is 47.8. The van der Waals surface area contributed by atoms with Gasteiger partial charge in [0.25, 0.3) is 0 Å². The van der Waals surface area contributed by atoms with Crippen molar-refractivity contribution in [2.45, 2.75) is 0 Å². The molecule has 0 radical (unpaired) electrons. The summed E-state index contributed by atoms with van der Waals surface area (Å²) in [7, 11) is 0. The molecule has 0 aliphatic rings. The molecule has 13 aromatic rings. The molecule has 0 amide bonds. The number of hydrogen-bond acceptors (Lipinski definition) is 1. The Balaban J connectivity index is 0.979. The van der Waals surface area contributed by atoms with E-state index in [9.17, 15) is 0 Å². The fourth-order valence-corrected chi connectivity index (χ4v) is 10.8. The van der Waals surface area contributed by atoms with Gasteiger partial charge in [0.1, 0.15) is 0 Å². The van der Waals surface area contributed by atoms with Crippen LogP contribution in [-0.4, -0.2) is 4.57 Å². The number of hydrogen-bond donors (Lipinski definition) is 0. The molecule has 12 aromatic carbocycles. The Morgan fingerprint density at radius 1 is 0.250 bits per heavy atom. The van der Waals surface area contributed by atoms with Gasteiger partial charge < -0.3 is 9.47 Å². The molecule has 2 heteroatoms. The lowest BCUT2D eigenvalue weighted by molar-refractivity contribution is 1.18. The van der Waals surface area contributed by atoms with Crippen molar-refractivity contribution in [3.8, 4) is 72.4 Å². The van der Waals surface area contributed by atoms with Gasteiger partial charge in [-0.05, 0) is 156 Å². The third-order valence-electron chi connectivity index (χ3n) is 14.1. The predicted molar refractivity (Wildman–Crippen MR) is 306 cm³/mol. The van der Waals surface area contributed by atoms with Crippen LogP contribution in [0.1, 0.15) is 0 Å². The summed E-state index contributed by atoms with van der Waals surface area (Å²) < 4.78 is 2.42. The van der Waals surface area contributed by atoms with E-state index in [0.717, 1.165) is 33.9 Å². The molecule has 0 fully saturated rings. The van der Waals surface area contributed by atoms with Crippen LogP contribution in [0.2, 0.25) is 0 Å². The Bertz CT molecular complexity index is 3990. The van der Waals surface area contributed by atoms with Crippen molar-refractivity contribution >= 4 is 49.6 Å². The van der Waals surface area contributed by atoms with Crippen molar-refractivity contribution in [1.82, 2.24) is 4.57 Å². The molecule has 0 saturated heterocycles. The van der Waals surface area contributed by atoms with Crippen molar-refractivity contribution in [2.24, 2.45) is 0 Å². The van der Waals surface area contributed by atoms with Gasteiger partial charge >= 0.3 is 0 Å². The first kappa shape index (κ1) is 42.6. The van der Waals surface area contributed by atoms with E-state index in [2.05, 4.69) is 301 Å². The molecule has 13 rings (SSSR count). The summed E-state index contributed by atoms with van der Waals surface area (Å²) >= 11 is 0. The summed E-state index contributed by atoms with van der Waals surface area (Å²) in [5.74, 6) is 0. The summed E-state index contributed by atoms with van der Waals surface area (Å²) in [5.41, 5.74) is 21.0. The van der Waals surface area contributed by atoms with Crippen LogP contribution in [0, 0.1) is 0 Å². The maximum Gasteiger partial charge on any atom is 0.0553 e. The first-order chi connectivity index (χ1) is 35.7. The summed E-state index contributed by atoms with van der Waals surface area (Å²) in [6.45, 7) is 0. The van der Waals surface area contributed by atoms with Crippen LogP contribution in [-0.2, 0) is 0 Å². The van der Waals surface area contributed by atoms with Gasteiger partial charge in [-0.3, -0.25) is 0 Å². The normalized spacial score (nSPS) is 11.3. The lowest BCUT2D eigenvalue weighted by Crippen LogP contribution is -2.10. The van der Waals surface area contributed by atoms with Crippen molar-refractivity contribution in [3.63, 3.8) is 0 Å². The lowest BCUT2D eigenvalue weighted by atomic mass is 9.92. The standard InChI is InChI=1S/C70H48N2/c1-5-20-49(21-6-1)56-44-57(50-22-7-2-8-23-50)46-58(45-56)51-36-40-60(41-37-51)71(61-42-38-53(39-43-61)64-32-16-15-31-63(64)52-24-9-3-10-25-52)62-30-19-27-55(47-62)69-65-33-14-13-26-54(65)48-68-70(69)66-34-17-18-35-67(66)72(68)59-28-11-4-12-29-59/h1-48H. The molecule has 338 valence electrons. The quantitative estimate of drug-likeness (QED) is 0.133. The molecular formula is C70H48N2. The molecule has 0 atom stereocenters. The smallest absolute Gasteiger partial charge is 0.0553 e. The fraction of sp³-hybridized carbons (Fsp3) is 0. The first-order valence-electron chi connectivity index (χ1n) is 24.7. The van der Waals surface area contributed by atoms with E-state index in [1.165, 1.54) is 88.2 Å². The number of rotatable bonds is 10. The zero-order valence-electron chi connectivity index (χ0n) is 39.6. The van der Waals surface area contributed by atoms with Crippen LogP contribution >= 0.6 is 0 Å². The topological polar surface area (TPSA) is 8.17 Å². The van der Waals surface area contributed by atoms with Gasteiger partial charge in [0.15, 0.2) is 0 Å². The van der Waals surface area contributed by atoms with E-state index in [1.807, 2.05) is 0 Å². The van der Waals surface area contributed by atoms with Crippen molar-refractivity contribution in [2.75, 3.05) is 4.90 Å². The van der Waals surface area contributed by atoms with Crippen molar-refractivity contribution < 1.29 is 0 Å². The molecule has 1 aromatic heterocycles. The first-order valence-corrected chi connectivity index (χ1v) is 24.7. The number of benzene rings is 12. The maximum atomic E-state index is 2.42. The van der Waals surface area contributed by atoms with Gasteiger partial charge in [0.2, 0.25) is 0 Å². The van der Waals surface area contributed by atoms with Gasteiger partial charge in [0, 0.05) is 33.5 Å². The van der Waals surface area contributed by atoms with Crippen molar-refractivity contribution in [1.29, 1.82) is 0 Å². The van der Waals surface area contributed by atoms with Gasteiger partial charge in [-0.1, -0.05) is 212 Å². The van der Waals surface area contributed by atoms with Crippen LogP contribution in [0.15, 0.2) is 291 Å². The molecule has 72 heavy (non-hydrogen) atoms. The highest BCUT2D eigenvalue weighted by atomic mass is 15.1. The van der Waals surface area contributed by atoms with Crippen LogP contribution in [0.25, 0.3) is 105 Å². The number of aromatic nitrogens is 1. The molecule has 0 aliphatic carbocycles. The second-order valence-corrected chi connectivity index (χ2v) is 18.5. The summed E-state index contributed by atoms with van der Waals surface area (Å²) in [6, 6.07) is 106. The van der Waals surface area contributed by atoms with Gasteiger partial charge in [-0.25, -0.2) is 0 Å². The number of fused-ring (bicyclic) bond motifs is 4. The molecule has 1 heterocycles. The number of para-hydroxylation sites is 2. The molecular weight excluding hydrogens is 869 g/mol. The van der Waals surface area contributed by atoms with E-state index >= 15 is 0 Å². The van der Waals surface area contributed by atoms with E-state index in [0.29, 0.717) is 0 Å². The minimum atomic E-state index is 1.07. The Labute approximate surface area is 420 Å². The molecule has 2 nitrogen and oxygen atoms in total. The Morgan fingerprint density at radius 2 is 0.694 bits per heavy atom. The predicted octanol–water partition coefficient (Wildman–Crippen LogP) is 19.4. The van der Waals surface area contributed by atoms with E-state index in [4.69, 9.17) is 0 Å². The largest absolute Gasteiger partial charge is 0.310 e. The monoisotopic (exact) mass is 916 g/mol. The highest BCUT2D eigenvalue weighted by molar-refractivity contribution is 6.23. The third-order valence-corrected chi connectivity index (χ3v) is 14.1. The minimum Gasteiger partial charge on any atom is -0.310 e. The zero-order valence-corrected chi connectivity index (χ0v) is 39.6. The minimum absolute atomic E-state index is 1.07. The van der Waals surface area contributed by atoms with Gasteiger partial charge in [0.05, 0.1) is 11.0 Å². The average molecular weight is 917 g/mol. The highest BCUT2D eigenvalue weighted by Gasteiger charge is 2.21. The summed E-state index contributed by atoms with van der Waals surface area (Å²) in [5, 5.41) is 4.90. The van der Waals surface area contributed by atoms with Crippen LogP contribution in [0.4, 0.5) is 17.1 Å².